The van der Waals surface area contributed by atoms with Crippen LogP contribution in [-0.4, -0.2) is 37.6 Å². The van der Waals surface area contributed by atoms with Gasteiger partial charge in [-0.25, -0.2) is 9.67 Å². The molecule has 0 saturated carbocycles. The molecule has 0 unspecified atom stereocenters. The minimum absolute atomic E-state index is 0.0470. The van der Waals surface area contributed by atoms with Crippen LogP contribution in [0.5, 0.6) is 5.75 Å². The van der Waals surface area contributed by atoms with Crippen LogP contribution in [0.1, 0.15) is 28.2 Å². The summed E-state index contributed by atoms with van der Waals surface area (Å²) in [5, 5.41) is 13.3. The molecule has 1 amide bonds. The van der Waals surface area contributed by atoms with Crippen molar-refractivity contribution in [1.29, 1.82) is 0 Å². The number of hydrogen-bond acceptors (Lipinski definition) is 5. The monoisotopic (exact) mass is 494 g/mol. The fourth-order valence-corrected chi connectivity index (χ4v) is 4.73. The lowest BCUT2D eigenvalue weighted by Gasteiger charge is -2.09. The van der Waals surface area contributed by atoms with Crippen molar-refractivity contribution >= 4 is 22.6 Å². The number of ether oxygens (including phenoxy) is 1. The van der Waals surface area contributed by atoms with Gasteiger partial charge in [0.05, 0.1) is 36.4 Å². The summed E-state index contributed by atoms with van der Waals surface area (Å²) in [7, 11) is 1.65. The van der Waals surface area contributed by atoms with E-state index in [0.717, 1.165) is 45.0 Å². The number of anilines is 1. The second-order valence-corrected chi connectivity index (χ2v) is 9.27. The zero-order valence-corrected chi connectivity index (χ0v) is 21.7. The van der Waals surface area contributed by atoms with Crippen molar-refractivity contribution in [1.82, 2.24) is 24.5 Å². The van der Waals surface area contributed by atoms with E-state index >= 15 is 0 Å². The van der Waals surface area contributed by atoms with E-state index in [9.17, 15) is 4.79 Å². The predicted octanol–water partition coefficient (Wildman–Crippen LogP) is 5.22. The zero-order valence-electron chi connectivity index (χ0n) is 21.7. The number of nitrogens with zero attached hydrogens (tertiary/aromatic N) is 5. The van der Waals surface area contributed by atoms with Crippen molar-refractivity contribution < 1.29 is 9.53 Å². The number of benzene rings is 2. The summed E-state index contributed by atoms with van der Waals surface area (Å²) in [5.41, 5.74) is 8.34. The molecule has 5 aromatic rings. The average molecular weight is 495 g/mol. The van der Waals surface area contributed by atoms with Crippen molar-refractivity contribution in [3.8, 4) is 16.9 Å². The lowest BCUT2D eigenvalue weighted by atomic mass is 10.0. The fourth-order valence-electron chi connectivity index (χ4n) is 4.73. The highest BCUT2D eigenvalue weighted by Gasteiger charge is 2.19. The largest absolute Gasteiger partial charge is 0.497 e. The number of fused-ring (bicyclic) bond motifs is 1. The van der Waals surface area contributed by atoms with E-state index < -0.39 is 0 Å². The third-order valence-electron chi connectivity index (χ3n) is 6.56. The lowest BCUT2D eigenvalue weighted by molar-refractivity contribution is -0.116. The van der Waals surface area contributed by atoms with Gasteiger partial charge in [0.2, 0.25) is 5.91 Å². The minimum atomic E-state index is -0.178. The molecule has 0 radical (unpaired) electrons. The van der Waals surface area contributed by atoms with Crippen LogP contribution in [0.3, 0.4) is 0 Å². The minimum Gasteiger partial charge on any atom is -0.497 e. The maximum atomic E-state index is 13.1. The number of pyridine rings is 1. The van der Waals surface area contributed by atoms with Gasteiger partial charge in [-0.2, -0.15) is 10.2 Å². The number of aromatic nitrogens is 5. The highest BCUT2D eigenvalue weighted by Crippen LogP contribution is 2.31. The molecule has 0 atom stereocenters. The van der Waals surface area contributed by atoms with Crippen LogP contribution in [0.25, 0.3) is 22.2 Å². The molecule has 188 valence electrons. The summed E-state index contributed by atoms with van der Waals surface area (Å²) in [6, 6.07) is 18.2. The highest BCUT2D eigenvalue weighted by molar-refractivity contribution is 5.96. The second-order valence-electron chi connectivity index (χ2n) is 9.27. The van der Waals surface area contributed by atoms with Gasteiger partial charge in [-0.05, 0) is 62.6 Å². The first-order valence-electron chi connectivity index (χ1n) is 12.2. The Morgan fingerprint density at radius 1 is 0.946 bits per heavy atom. The molecule has 0 fully saturated rings. The molecule has 0 spiro atoms. The summed E-state index contributed by atoms with van der Waals surface area (Å²) >= 11 is 0. The van der Waals surface area contributed by atoms with E-state index in [1.165, 1.54) is 11.1 Å². The summed E-state index contributed by atoms with van der Waals surface area (Å²) < 4.78 is 8.87. The molecule has 3 heterocycles. The number of rotatable bonds is 7. The Balaban J connectivity index is 1.38. The van der Waals surface area contributed by atoms with Gasteiger partial charge in [-0.15, -0.1) is 0 Å². The number of hydrogen-bond donors (Lipinski definition) is 1. The molecule has 0 saturated heterocycles. The maximum absolute atomic E-state index is 13.1. The van der Waals surface area contributed by atoms with Crippen LogP contribution < -0.4 is 10.1 Å². The Kier molecular flexibility index (Phi) is 6.48. The first kappa shape index (κ1) is 24.2. The van der Waals surface area contributed by atoms with Gasteiger partial charge in [-0.3, -0.25) is 9.48 Å². The van der Waals surface area contributed by atoms with Crippen molar-refractivity contribution in [2.75, 3.05) is 12.4 Å². The lowest BCUT2D eigenvalue weighted by Crippen LogP contribution is -2.20. The van der Waals surface area contributed by atoms with E-state index in [4.69, 9.17) is 4.74 Å². The van der Waals surface area contributed by atoms with Gasteiger partial charge in [0.15, 0.2) is 5.65 Å². The first-order valence-corrected chi connectivity index (χ1v) is 12.2. The highest BCUT2D eigenvalue weighted by atomic mass is 16.5. The predicted molar refractivity (Wildman–Crippen MR) is 145 cm³/mol. The topological polar surface area (TPSA) is 86.9 Å². The van der Waals surface area contributed by atoms with Gasteiger partial charge in [0, 0.05) is 11.6 Å². The molecule has 0 bridgehead atoms. The summed E-state index contributed by atoms with van der Waals surface area (Å²) in [5.74, 6) is 0.619. The number of carbonyl (C=O) groups excluding carboxylic acids is 1. The van der Waals surface area contributed by atoms with Crippen LogP contribution >= 0.6 is 0 Å². The van der Waals surface area contributed by atoms with Crippen molar-refractivity contribution in [3.63, 3.8) is 0 Å². The SMILES string of the molecule is COc1ccc(-c2ccnc3c2c(C)nn3CC(=O)Nc2c(C)nn(Cc3cccc(C)c3)c2C)cc1. The fraction of sp³-hybridized carbons (Fsp3) is 0.241. The molecule has 0 aliphatic heterocycles. The number of nitrogens with one attached hydrogen (secondary N) is 1. The summed E-state index contributed by atoms with van der Waals surface area (Å²) in [4.78, 5) is 17.7. The van der Waals surface area contributed by atoms with Gasteiger partial charge in [0.25, 0.3) is 0 Å². The summed E-state index contributed by atoms with van der Waals surface area (Å²) in [6.07, 6.45) is 1.75. The van der Waals surface area contributed by atoms with Crippen molar-refractivity contribution in [2.45, 2.75) is 40.8 Å². The molecule has 5 rings (SSSR count). The number of methoxy groups -OCH3 is 1. The Morgan fingerprint density at radius 2 is 1.70 bits per heavy atom. The van der Waals surface area contributed by atoms with E-state index in [0.29, 0.717) is 12.2 Å². The molecular formula is C29H30N6O2. The third-order valence-corrected chi connectivity index (χ3v) is 6.56. The molecule has 0 aliphatic carbocycles. The standard InChI is InChI=1S/C29H30N6O2/c1-18-7-6-8-22(15-18)16-34-21(4)28(20(3)33-34)31-26(36)17-35-29-27(19(2)32-35)25(13-14-30-29)23-9-11-24(37-5)12-10-23/h6-15H,16-17H2,1-5H3,(H,31,36). The van der Waals surface area contributed by atoms with Crippen molar-refractivity contribution in [2.24, 2.45) is 0 Å². The van der Waals surface area contributed by atoms with Gasteiger partial charge < -0.3 is 10.1 Å². The Hall–Kier alpha value is -4.46. The van der Waals surface area contributed by atoms with Crippen LogP contribution in [0.4, 0.5) is 5.69 Å². The van der Waals surface area contributed by atoms with Gasteiger partial charge >= 0.3 is 0 Å². The molecule has 2 aromatic carbocycles. The molecule has 0 aliphatic rings. The molecule has 1 N–H and O–H groups in total. The molecule has 3 aromatic heterocycles. The van der Waals surface area contributed by atoms with Crippen LogP contribution in [0.15, 0.2) is 60.8 Å². The molecule has 8 nitrogen and oxygen atoms in total. The number of carbonyl (C=O) groups is 1. The number of aryl methyl sites for hydroxylation is 3. The molecule has 37 heavy (non-hydrogen) atoms. The van der Waals surface area contributed by atoms with Crippen LogP contribution in [0.2, 0.25) is 0 Å². The Morgan fingerprint density at radius 3 is 2.43 bits per heavy atom. The molecular weight excluding hydrogens is 464 g/mol. The van der Waals surface area contributed by atoms with E-state index in [1.54, 1.807) is 18.0 Å². The maximum Gasteiger partial charge on any atom is 0.246 e. The van der Waals surface area contributed by atoms with Crippen molar-refractivity contribution in [3.05, 3.63) is 89.0 Å². The quantitative estimate of drug-likeness (QED) is 0.335. The van der Waals surface area contributed by atoms with E-state index in [1.807, 2.05) is 61.9 Å². The Labute approximate surface area is 215 Å². The second kappa shape index (κ2) is 9.89. The third kappa shape index (κ3) is 4.82. The normalized spacial score (nSPS) is 11.2. The smallest absolute Gasteiger partial charge is 0.246 e. The number of amides is 1. The van der Waals surface area contributed by atoms with Gasteiger partial charge in [-0.1, -0.05) is 42.0 Å². The van der Waals surface area contributed by atoms with Crippen LogP contribution in [0, 0.1) is 27.7 Å². The van der Waals surface area contributed by atoms with Crippen LogP contribution in [-0.2, 0) is 17.9 Å². The zero-order chi connectivity index (χ0) is 26.1. The first-order chi connectivity index (χ1) is 17.8. The summed E-state index contributed by atoms with van der Waals surface area (Å²) in [6.45, 7) is 8.59. The Bertz CT molecular complexity index is 1600. The molecule has 8 heteroatoms. The van der Waals surface area contributed by atoms with Gasteiger partial charge in [0.1, 0.15) is 12.3 Å². The van der Waals surface area contributed by atoms with E-state index in [2.05, 4.69) is 45.6 Å². The van der Waals surface area contributed by atoms with E-state index in [-0.39, 0.29) is 12.5 Å². The average Bonchev–Trinajstić information content (AvgIpc) is 3.34.